The molecular formula is CH4N2O2S2. The van der Waals surface area contributed by atoms with Crippen LogP contribution in [0, 0.1) is 0 Å². The smallest absolute Gasteiger partial charge is 0.156 e. The molecule has 3 N–H and O–H groups in total. The molecule has 0 spiro atoms. The lowest BCUT2D eigenvalue weighted by Crippen LogP contribution is -2.24. The summed E-state index contributed by atoms with van der Waals surface area (Å²) in [5, 5.41) is 7.69. The highest BCUT2D eigenvalue weighted by molar-refractivity contribution is 8.10. The average Bonchev–Trinajstić information content (AvgIpc) is 1.61. The van der Waals surface area contributed by atoms with E-state index in [0.29, 0.717) is 0 Å². The van der Waals surface area contributed by atoms with Gasteiger partial charge in [0.1, 0.15) is 0 Å². The molecule has 0 saturated heterocycles. The van der Waals surface area contributed by atoms with Crippen molar-refractivity contribution >= 4 is 29.2 Å². The molecule has 0 aliphatic rings. The van der Waals surface area contributed by atoms with Crippen LogP contribution < -0.4 is 11.1 Å². The first-order chi connectivity index (χ1) is 3.27. The SMILES string of the molecule is ONONC(=S)S. The molecule has 0 aromatic rings. The van der Waals surface area contributed by atoms with Crippen molar-refractivity contribution in [3.05, 3.63) is 0 Å². The first-order valence-corrected chi connectivity index (χ1v) is 2.17. The summed E-state index contributed by atoms with van der Waals surface area (Å²) in [6.45, 7) is 0. The van der Waals surface area contributed by atoms with E-state index in [1.54, 1.807) is 0 Å². The molecule has 0 saturated carbocycles. The van der Waals surface area contributed by atoms with E-state index in [9.17, 15) is 0 Å². The van der Waals surface area contributed by atoms with Gasteiger partial charge in [0, 0.05) is 0 Å². The summed E-state index contributed by atoms with van der Waals surface area (Å²) in [5.74, 6) is 0. The molecule has 0 atom stereocenters. The average molecular weight is 140 g/mol. The van der Waals surface area contributed by atoms with Crippen molar-refractivity contribution in [1.82, 2.24) is 11.1 Å². The van der Waals surface area contributed by atoms with E-state index >= 15 is 0 Å². The monoisotopic (exact) mass is 140 g/mol. The maximum Gasteiger partial charge on any atom is 0.156 e. The molecule has 0 radical (unpaired) electrons. The standard InChI is InChI=1S/CH4N2O2S2/c4-3-5-2-1(6)7/h3-4H,(H2,2,6,7). The van der Waals surface area contributed by atoms with Crippen molar-refractivity contribution in [2.75, 3.05) is 0 Å². The number of hydroxylamine groups is 1. The maximum absolute atomic E-state index is 7.69. The molecule has 42 valence electrons. The number of rotatable bonds is 2. The van der Waals surface area contributed by atoms with Crippen LogP contribution in [0.5, 0.6) is 0 Å². The fraction of sp³-hybridized carbons (Fsp3) is 0. The second kappa shape index (κ2) is 4.28. The molecule has 0 aromatic carbocycles. The first kappa shape index (κ1) is 7.12. The zero-order valence-electron chi connectivity index (χ0n) is 3.21. The lowest BCUT2D eigenvalue weighted by Gasteiger charge is -1.96. The highest BCUT2D eigenvalue weighted by Gasteiger charge is 1.79. The lowest BCUT2D eigenvalue weighted by atomic mass is 11.5. The van der Waals surface area contributed by atoms with Gasteiger partial charge < -0.3 is 0 Å². The lowest BCUT2D eigenvalue weighted by molar-refractivity contribution is -0.153. The van der Waals surface area contributed by atoms with Gasteiger partial charge in [0.05, 0.1) is 0 Å². The Balaban J connectivity index is 2.82. The van der Waals surface area contributed by atoms with Crippen molar-refractivity contribution in [3.63, 3.8) is 0 Å². The van der Waals surface area contributed by atoms with Crippen molar-refractivity contribution in [3.8, 4) is 0 Å². The molecule has 0 heterocycles. The second-order valence-corrected chi connectivity index (χ2v) is 1.76. The van der Waals surface area contributed by atoms with Crippen LogP contribution in [0.1, 0.15) is 0 Å². The van der Waals surface area contributed by atoms with Gasteiger partial charge in [0.2, 0.25) is 0 Å². The van der Waals surface area contributed by atoms with E-state index in [4.69, 9.17) is 5.21 Å². The summed E-state index contributed by atoms with van der Waals surface area (Å²) >= 11 is 7.91. The molecule has 0 bridgehead atoms. The Morgan fingerprint density at radius 1 is 1.86 bits per heavy atom. The van der Waals surface area contributed by atoms with Crippen LogP contribution in [0.2, 0.25) is 0 Å². The fourth-order valence-corrected chi connectivity index (χ4v) is 0.154. The molecule has 0 rings (SSSR count). The summed E-state index contributed by atoms with van der Waals surface area (Å²) in [6, 6.07) is 0. The van der Waals surface area contributed by atoms with Crippen LogP contribution in [0.4, 0.5) is 0 Å². The van der Waals surface area contributed by atoms with E-state index in [1.165, 1.54) is 5.64 Å². The van der Waals surface area contributed by atoms with Gasteiger partial charge in [-0.15, -0.1) is 12.6 Å². The predicted octanol–water partition coefficient (Wildman–Crippen LogP) is -0.384. The van der Waals surface area contributed by atoms with E-state index in [0.717, 1.165) is 0 Å². The largest absolute Gasteiger partial charge is 0.290 e. The molecule has 0 aromatic heterocycles. The topological polar surface area (TPSA) is 53.5 Å². The summed E-state index contributed by atoms with van der Waals surface area (Å²) < 4.78 is 0.140. The van der Waals surface area contributed by atoms with E-state index in [2.05, 4.69) is 29.8 Å². The van der Waals surface area contributed by atoms with E-state index in [-0.39, 0.29) is 4.32 Å². The second-order valence-electron chi connectivity index (χ2n) is 0.601. The van der Waals surface area contributed by atoms with Crippen molar-refractivity contribution < 1.29 is 10.1 Å². The molecule has 6 heteroatoms. The van der Waals surface area contributed by atoms with Gasteiger partial charge in [0.15, 0.2) is 4.32 Å². The Bertz CT molecular complexity index is 66.7. The van der Waals surface area contributed by atoms with Crippen LogP contribution in [-0.2, 0) is 4.94 Å². The van der Waals surface area contributed by atoms with Crippen molar-refractivity contribution in [2.45, 2.75) is 0 Å². The molecular weight excluding hydrogens is 136 g/mol. The number of thiol groups is 1. The first-order valence-electron chi connectivity index (χ1n) is 1.31. The predicted molar refractivity (Wildman–Crippen MR) is 30.7 cm³/mol. The molecule has 0 amide bonds. The Hall–Kier alpha value is 0.120. The summed E-state index contributed by atoms with van der Waals surface area (Å²) in [6.07, 6.45) is 0. The highest BCUT2D eigenvalue weighted by atomic mass is 32.1. The zero-order valence-corrected chi connectivity index (χ0v) is 4.92. The molecule has 4 nitrogen and oxygen atoms in total. The third-order valence-electron chi connectivity index (χ3n) is 0.184. The van der Waals surface area contributed by atoms with Gasteiger partial charge in [-0.3, -0.25) is 5.21 Å². The molecule has 0 fully saturated rings. The van der Waals surface area contributed by atoms with Crippen molar-refractivity contribution in [1.29, 1.82) is 0 Å². The summed E-state index contributed by atoms with van der Waals surface area (Å²) in [7, 11) is 0. The number of hydrogen-bond acceptors (Lipinski definition) is 4. The van der Waals surface area contributed by atoms with Crippen LogP contribution in [0.25, 0.3) is 0 Å². The number of hydrogen-bond donors (Lipinski definition) is 4. The molecule has 7 heavy (non-hydrogen) atoms. The molecule has 0 unspecified atom stereocenters. The Labute approximate surface area is 51.1 Å². The third kappa shape index (κ3) is 6.12. The molecule has 0 aliphatic carbocycles. The minimum Gasteiger partial charge on any atom is -0.290 e. The normalized spacial score (nSPS) is 8.29. The zero-order chi connectivity index (χ0) is 5.70. The minimum atomic E-state index is 0.140. The third-order valence-corrected chi connectivity index (χ3v) is 0.359. The quantitative estimate of drug-likeness (QED) is 0.239. The Kier molecular flexibility index (Phi) is 4.36. The van der Waals surface area contributed by atoms with Gasteiger partial charge in [-0.25, -0.2) is 5.48 Å². The number of thiocarbonyl (C=S) groups is 1. The number of nitrogens with one attached hydrogen (secondary N) is 2. The van der Waals surface area contributed by atoms with E-state index < -0.39 is 0 Å². The minimum absolute atomic E-state index is 0.140. The fourth-order valence-electron chi connectivity index (χ4n) is 0.0665. The molecule has 0 aliphatic heterocycles. The maximum atomic E-state index is 7.69. The van der Waals surface area contributed by atoms with Crippen LogP contribution in [-0.4, -0.2) is 9.53 Å². The summed E-state index contributed by atoms with van der Waals surface area (Å²) in [4.78, 5) is 3.93. The summed E-state index contributed by atoms with van der Waals surface area (Å²) in [5.41, 5.74) is 3.38. The Morgan fingerprint density at radius 2 is 2.43 bits per heavy atom. The van der Waals surface area contributed by atoms with Crippen LogP contribution in [0.15, 0.2) is 0 Å². The van der Waals surface area contributed by atoms with E-state index in [1.807, 2.05) is 5.48 Å². The van der Waals surface area contributed by atoms with Gasteiger partial charge in [0.25, 0.3) is 0 Å². The highest BCUT2D eigenvalue weighted by Crippen LogP contribution is 1.73. The Morgan fingerprint density at radius 3 is 2.57 bits per heavy atom. The van der Waals surface area contributed by atoms with Crippen molar-refractivity contribution in [2.24, 2.45) is 0 Å². The van der Waals surface area contributed by atoms with Gasteiger partial charge >= 0.3 is 0 Å². The van der Waals surface area contributed by atoms with Crippen LogP contribution in [0.3, 0.4) is 0 Å². The van der Waals surface area contributed by atoms with Crippen LogP contribution >= 0.6 is 24.8 Å². The van der Waals surface area contributed by atoms with Gasteiger partial charge in [-0.05, 0) is 0 Å². The van der Waals surface area contributed by atoms with Gasteiger partial charge in [-0.2, -0.15) is 4.94 Å². The van der Waals surface area contributed by atoms with Gasteiger partial charge in [-0.1, -0.05) is 17.9 Å².